The van der Waals surface area contributed by atoms with Gasteiger partial charge in [0.05, 0.1) is 12.5 Å². The van der Waals surface area contributed by atoms with Crippen LogP contribution in [-0.2, 0) is 6.54 Å². The number of aliphatic hydroxyl groups excluding tert-OH is 1. The molecule has 15 heavy (non-hydrogen) atoms. The number of nitrogens with zero attached hydrogens (tertiary/aromatic N) is 1. The number of aliphatic hydroxyl groups is 1. The number of hydrogen-bond donors (Lipinski definition) is 1. The number of furan rings is 1. The summed E-state index contributed by atoms with van der Waals surface area (Å²) in [7, 11) is 0. The molecule has 0 radical (unpaired) electrons. The molecule has 1 fully saturated rings. The first-order chi connectivity index (χ1) is 7.40. The van der Waals surface area contributed by atoms with Crippen molar-refractivity contribution in [2.45, 2.75) is 38.3 Å². The first-order valence-electron chi connectivity index (χ1n) is 5.76. The van der Waals surface area contributed by atoms with Crippen LogP contribution in [0.15, 0.2) is 23.0 Å². The molecule has 3 heteroatoms. The van der Waals surface area contributed by atoms with Crippen molar-refractivity contribution in [3.05, 3.63) is 24.2 Å². The summed E-state index contributed by atoms with van der Waals surface area (Å²) in [6.45, 7) is 2.24. The molecule has 1 aliphatic carbocycles. The lowest BCUT2D eigenvalue weighted by Crippen LogP contribution is -2.40. The molecule has 0 saturated heterocycles. The predicted molar refractivity (Wildman–Crippen MR) is 58.5 cm³/mol. The van der Waals surface area contributed by atoms with Gasteiger partial charge < -0.3 is 9.52 Å². The maximum atomic E-state index is 8.87. The van der Waals surface area contributed by atoms with Crippen molar-refractivity contribution in [2.24, 2.45) is 0 Å². The van der Waals surface area contributed by atoms with Gasteiger partial charge in [-0.1, -0.05) is 6.42 Å². The predicted octanol–water partition coefficient (Wildman–Crippen LogP) is 2.02. The molecule has 0 atom stereocenters. The van der Waals surface area contributed by atoms with Gasteiger partial charge in [-0.05, 0) is 25.3 Å². The Balaban J connectivity index is 1.86. The van der Waals surface area contributed by atoms with Crippen molar-refractivity contribution in [3.8, 4) is 0 Å². The zero-order chi connectivity index (χ0) is 10.5. The van der Waals surface area contributed by atoms with Gasteiger partial charge in [0.15, 0.2) is 0 Å². The Kier molecular flexibility index (Phi) is 3.80. The highest BCUT2D eigenvalue weighted by atomic mass is 16.3. The highest BCUT2D eigenvalue weighted by Crippen LogP contribution is 2.26. The summed E-state index contributed by atoms with van der Waals surface area (Å²) in [4.78, 5) is 2.46. The molecule has 1 N–H and O–H groups in total. The van der Waals surface area contributed by atoms with Crippen LogP contribution in [0.1, 0.15) is 31.2 Å². The molecule has 0 aromatic carbocycles. The fraction of sp³-hybridized carbons (Fsp3) is 0.667. The second-order valence-electron chi connectivity index (χ2n) is 4.26. The van der Waals surface area contributed by atoms with Gasteiger partial charge >= 0.3 is 0 Å². The van der Waals surface area contributed by atoms with Crippen LogP contribution < -0.4 is 0 Å². The van der Waals surface area contributed by atoms with Crippen LogP contribution in [0, 0.1) is 0 Å². The van der Waals surface area contributed by atoms with Crippen LogP contribution in [0.2, 0.25) is 0 Å². The average Bonchev–Trinajstić information content (AvgIpc) is 2.64. The molecule has 84 valence electrons. The van der Waals surface area contributed by atoms with Gasteiger partial charge in [-0.15, -0.1) is 0 Å². The van der Waals surface area contributed by atoms with E-state index < -0.39 is 0 Å². The fourth-order valence-electron chi connectivity index (χ4n) is 2.03. The van der Waals surface area contributed by atoms with E-state index in [1.165, 1.54) is 24.8 Å². The van der Waals surface area contributed by atoms with Crippen molar-refractivity contribution in [1.29, 1.82) is 0 Å². The van der Waals surface area contributed by atoms with E-state index in [0.717, 1.165) is 25.6 Å². The highest BCUT2D eigenvalue weighted by Gasteiger charge is 2.24. The topological polar surface area (TPSA) is 36.6 Å². The summed E-state index contributed by atoms with van der Waals surface area (Å²) in [5, 5.41) is 8.87. The van der Waals surface area contributed by atoms with Crippen molar-refractivity contribution in [1.82, 2.24) is 4.90 Å². The smallest absolute Gasteiger partial charge is 0.0947 e. The summed E-state index contributed by atoms with van der Waals surface area (Å²) >= 11 is 0. The van der Waals surface area contributed by atoms with Crippen molar-refractivity contribution in [3.63, 3.8) is 0 Å². The van der Waals surface area contributed by atoms with Crippen molar-refractivity contribution in [2.75, 3.05) is 13.2 Å². The zero-order valence-electron chi connectivity index (χ0n) is 9.06. The van der Waals surface area contributed by atoms with Gasteiger partial charge in [0.25, 0.3) is 0 Å². The molecule has 0 bridgehead atoms. The molecule has 1 saturated carbocycles. The minimum atomic E-state index is 0.286. The van der Waals surface area contributed by atoms with E-state index >= 15 is 0 Å². The molecular weight excluding hydrogens is 190 g/mol. The van der Waals surface area contributed by atoms with Gasteiger partial charge in [-0.2, -0.15) is 0 Å². The first-order valence-corrected chi connectivity index (χ1v) is 5.76. The summed E-state index contributed by atoms with van der Waals surface area (Å²) in [6.07, 6.45) is 8.37. The first kappa shape index (κ1) is 10.7. The highest BCUT2D eigenvalue weighted by molar-refractivity contribution is 5.05. The summed E-state index contributed by atoms with van der Waals surface area (Å²) < 4.78 is 5.08. The molecule has 3 nitrogen and oxygen atoms in total. The SMILES string of the molecule is OCCCN(Cc1ccoc1)C1CCC1. The second-order valence-corrected chi connectivity index (χ2v) is 4.26. The van der Waals surface area contributed by atoms with Crippen LogP contribution in [0.4, 0.5) is 0 Å². The third-order valence-corrected chi connectivity index (χ3v) is 3.16. The fourth-order valence-corrected chi connectivity index (χ4v) is 2.03. The van der Waals surface area contributed by atoms with Gasteiger partial charge in [-0.3, -0.25) is 4.90 Å². The molecule has 1 heterocycles. The maximum absolute atomic E-state index is 8.87. The lowest BCUT2D eigenvalue weighted by atomic mass is 9.91. The number of rotatable bonds is 6. The summed E-state index contributed by atoms with van der Waals surface area (Å²) in [5.74, 6) is 0. The maximum Gasteiger partial charge on any atom is 0.0947 e. The quantitative estimate of drug-likeness (QED) is 0.778. The van der Waals surface area contributed by atoms with E-state index in [4.69, 9.17) is 9.52 Å². The van der Waals surface area contributed by atoms with Crippen LogP contribution in [0.3, 0.4) is 0 Å². The molecule has 0 aliphatic heterocycles. The summed E-state index contributed by atoms with van der Waals surface area (Å²) in [6, 6.07) is 2.75. The molecule has 1 aliphatic rings. The molecule has 0 unspecified atom stereocenters. The average molecular weight is 209 g/mol. The summed E-state index contributed by atoms with van der Waals surface area (Å²) in [5.41, 5.74) is 1.24. The van der Waals surface area contributed by atoms with Crippen LogP contribution in [0.25, 0.3) is 0 Å². The Morgan fingerprint density at radius 3 is 2.87 bits per heavy atom. The van der Waals surface area contributed by atoms with E-state index in [1.54, 1.807) is 6.26 Å². The Bertz CT molecular complexity index is 267. The molecule has 1 aromatic rings. The molecule has 0 spiro atoms. The van der Waals surface area contributed by atoms with Crippen LogP contribution >= 0.6 is 0 Å². The van der Waals surface area contributed by atoms with Crippen LogP contribution in [0.5, 0.6) is 0 Å². The Hall–Kier alpha value is -0.800. The molecule has 2 rings (SSSR count). The van der Waals surface area contributed by atoms with Gasteiger partial charge in [-0.25, -0.2) is 0 Å². The van der Waals surface area contributed by atoms with Gasteiger partial charge in [0.1, 0.15) is 0 Å². The van der Waals surface area contributed by atoms with Gasteiger partial charge in [0.2, 0.25) is 0 Å². The van der Waals surface area contributed by atoms with E-state index in [2.05, 4.69) is 4.90 Å². The third kappa shape index (κ3) is 2.83. The minimum absolute atomic E-state index is 0.286. The normalized spacial score (nSPS) is 16.9. The zero-order valence-corrected chi connectivity index (χ0v) is 9.06. The monoisotopic (exact) mass is 209 g/mol. The van der Waals surface area contributed by atoms with Crippen LogP contribution in [-0.4, -0.2) is 29.2 Å². The van der Waals surface area contributed by atoms with E-state index in [9.17, 15) is 0 Å². The molecule has 0 amide bonds. The lowest BCUT2D eigenvalue weighted by molar-refractivity contribution is 0.109. The van der Waals surface area contributed by atoms with E-state index in [0.29, 0.717) is 0 Å². The second kappa shape index (κ2) is 5.33. The molecular formula is C12H19NO2. The Morgan fingerprint density at radius 2 is 2.33 bits per heavy atom. The van der Waals surface area contributed by atoms with Crippen molar-refractivity contribution < 1.29 is 9.52 Å². The lowest BCUT2D eigenvalue weighted by Gasteiger charge is -2.37. The molecule has 1 aromatic heterocycles. The van der Waals surface area contributed by atoms with E-state index in [-0.39, 0.29) is 6.61 Å². The van der Waals surface area contributed by atoms with Crippen molar-refractivity contribution >= 4 is 0 Å². The Morgan fingerprint density at radius 1 is 1.47 bits per heavy atom. The largest absolute Gasteiger partial charge is 0.472 e. The van der Waals surface area contributed by atoms with E-state index in [1.807, 2.05) is 12.3 Å². The number of hydrogen-bond acceptors (Lipinski definition) is 3. The Labute approximate surface area is 90.7 Å². The standard InChI is InChI=1S/C12H19NO2/c14-7-2-6-13(12-3-1-4-12)9-11-5-8-15-10-11/h5,8,10,12,14H,1-4,6-7,9H2. The third-order valence-electron chi connectivity index (χ3n) is 3.16. The van der Waals surface area contributed by atoms with Gasteiger partial charge in [0, 0.05) is 31.3 Å². The minimum Gasteiger partial charge on any atom is -0.472 e.